The first-order valence-electron chi connectivity index (χ1n) is 7.78. The van der Waals surface area contributed by atoms with E-state index in [2.05, 4.69) is 19.2 Å². The number of hydrogen-bond acceptors (Lipinski definition) is 3. The first-order valence-corrected chi connectivity index (χ1v) is 9.00. The molecule has 1 aromatic carbocycles. The average molecular weight is 309 g/mol. The van der Waals surface area contributed by atoms with Crippen LogP contribution in [-0.2, 0) is 10.8 Å². The summed E-state index contributed by atoms with van der Waals surface area (Å²) in [4.78, 5) is 0.879. The van der Waals surface area contributed by atoms with Crippen LogP contribution in [0, 0.1) is 11.8 Å². The van der Waals surface area contributed by atoms with Crippen molar-refractivity contribution in [3.8, 4) is 5.75 Å². The highest BCUT2D eigenvalue weighted by atomic mass is 32.2. The first-order chi connectivity index (χ1) is 10.1. The van der Waals surface area contributed by atoms with Crippen LogP contribution in [0.25, 0.3) is 0 Å². The van der Waals surface area contributed by atoms with Crippen molar-refractivity contribution < 1.29 is 8.95 Å². The van der Waals surface area contributed by atoms with Crippen molar-refractivity contribution in [2.24, 2.45) is 11.8 Å². The van der Waals surface area contributed by atoms with Gasteiger partial charge in [-0.3, -0.25) is 4.21 Å². The number of rotatable bonds is 5. The van der Waals surface area contributed by atoms with E-state index in [1.54, 1.807) is 7.11 Å². The molecule has 1 aliphatic carbocycles. The average Bonchev–Trinajstić information content (AvgIpc) is 2.53. The molecule has 21 heavy (non-hydrogen) atoms. The number of benzene rings is 1. The fourth-order valence-corrected chi connectivity index (χ4v) is 5.02. The van der Waals surface area contributed by atoms with Crippen LogP contribution >= 0.6 is 0 Å². The monoisotopic (exact) mass is 309 g/mol. The van der Waals surface area contributed by atoms with Gasteiger partial charge in [-0.25, -0.2) is 0 Å². The van der Waals surface area contributed by atoms with Crippen molar-refractivity contribution in [2.75, 3.05) is 14.2 Å². The molecule has 1 saturated carbocycles. The van der Waals surface area contributed by atoms with Gasteiger partial charge in [0.2, 0.25) is 0 Å². The molecule has 3 nitrogen and oxygen atoms in total. The van der Waals surface area contributed by atoms with E-state index in [-0.39, 0.29) is 5.25 Å². The minimum atomic E-state index is -0.991. The van der Waals surface area contributed by atoms with Crippen LogP contribution in [0.3, 0.4) is 0 Å². The second kappa shape index (κ2) is 7.41. The van der Waals surface area contributed by atoms with Gasteiger partial charge in [-0.2, -0.15) is 0 Å². The number of nitrogens with one attached hydrogen (secondary N) is 1. The maximum absolute atomic E-state index is 13.0. The Labute approximate surface area is 130 Å². The molecule has 4 heteroatoms. The quantitative estimate of drug-likeness (QED) is 0.907. The van der Waals surface area contributed by atoms with Crippen molar-refractivity contribution in [3.05, 3.63) is 24.3 Å². The summed E-state index contributed by atoms with van der Waals surface area (Å²) >= 11 is 0. The molecule has 1 N–H and O–H groups in total. The minimum Gasteiger partial charge on any atom is -0.497 e. The van der Waals surface area contributed by atoms with E-state index in [0.29, 0.717) is 17.9 Å². The summed E-state index contributed by atoms with van der Waals surface area (Å²) in [7, 11) is 2.64. The van der Waals surface area contributed by atoms with Gasteiger partial charge >= 0.3 is 0 Å². The molecule has 0 radical (unpaired) electrons. The van der Waals surface area contributed by atoms with Crippen LogP contribution in [-0.4, -0.2) is 29.7 Å². The lowest BCUT2D eigenvalue weighted by Gasteiger charge is -2.37. The van der Waals surface area contributed by atoms with E-state index < -0.39 is 10.8 Å². The summed E-state index contributed by atoms with van der Waals surface area (Å²) in [5.74, 6) is 2.11. The van der Waals surface area contributed by atoms with Crippen molar-refractivity contribution in [2.45, 2.75) is 49.3 Å². The second-order valence-corrected chi connectivity index (χ2v) is 7.90. The number of hydrogen-bond donors (Lipinski definition) is 1. The molecule has 4 unspecified atom stereocenters. The van der Waals surface area contributed by atoms with Crippen LogP contribution in [0.1, 0.15) is 33.1 Å². The molecular weight excluding hydrogens is 282 g/mol. The molecule has 4 atom stereocenters. The summed E-state index contributed by atoms with van der Waals surface area (Å²) in [6, 6.07) is 8.01. The highest BCUT2D eigenvalue weighted by Crippen LogP contribution is 2.34. The predicted octanol–water partition coefficient (Wildman–Crippen LogP) is 3.22. The van der Waals surface area contributed by atoms with Crippen molar-refractivity contribution >= 4 is 10.8 Å². The summed E-state index contributed by atoms with van der Waals surface area (Å²) < 4.78 is 18.3. The Kier molecular flexibility index (Phi) is 5.82. The van der Waals surface area contributed by atoms with Gasteiger partial charge in [0.15, 0.2) is 0 Å². The summed E-state index contributed by atoms with van der Waals surface area (Å²) in [6.45, 7) is 4.55. The minimum absolute atomic E-state index is 0.184. The zero-order valence-electron chi connectivity index (χ0n) is 13.5. The van der Waals surface area contributed by atoms with Gasteiger partial charge in [0.05, 0.1) is 23.2 Å². The Morgan fingerprint density at radius 2 is 2.10 bits per heavy atom. The predicted molar refractivity (Wildman–Crippen MR) is 88.2 cm³/mol. The Morgan fingerprint density at radius 3 is 2.71 bits per heavy atom. The second-order valence-electron chi connectivity index (χ2n) is 6.23. The molecule has 0 aromatic heterocycles. The number of ether oxygens (including phenoxy) is 1. The Hall–Kier alpha value is -0.870. The molecule has 2 rings (SSSR count). The standard InChI is InChI=1S/C17H27NO2S/c1-12(2)13-8-9-16(18-3)17(10-13)21(19)15-7-5-6-14(11-15)20-4/h5-7,11-13,16-18H,8-10H2,1-4H3. The Morgan fingerprint density at radius 1 is 1.33 bits per heavy atom. The van der Waals surface area contributed by atoms with Crippen molar-refractivity contribution in [3.63, 3.8) is 0 Å². The third-order valence-corrected chi connectivity index (χ3v) is 6.48. The van der Waals surface area contributed by atoms with Crippen LogP contribution in [0.4, 0.5) is 0 Å². The third-order valence-electron chi connectivity index (χ3n) is 4.69. The fourth-order valence-electron chi connectivity index (χ4n) is 3.23. The largest absolute Gasteiger partial charge is 0.497 e. The van der Waals surface area contributed by atoms with E-state index in [4.69, 9.17) is 4.74 Å². The van der Waals surface area contributed by atoms with E-state index in [9.17, 15) is 4.21 Å². The van der Waals surface area contributed by atoms with E-state index in [1.165, 1.54) is 6.42 Å². The lowest BCUT2D eigenvalue weighted by Crippen LogP contribution is -2.45. The molecule has 0 amide bonds. The molecule has 1 aliphatic rings. The molecule has 0 bridgehead atoms. The summed E-state index contributed by atoms with van der Waals surface area (Å²) in [6.07, 6.45) is 3.38. The Bertz CT molecular complexity index is 489. The maximum atomic E-state index is 13.0. The van der Waals surface area contributed by atoms with Crippen LogP contribution in [0.2, 0.25) is 0 Å². The van der Waals surface area contributed by atoms with Gasteiger partial charge in [0.25, 0.3) is 0 Å². The van der Waals surface area contributed by atoms with Crippen LogP contribution in [0.5, 0.6) is 5.75 Å². The molecule has 118 valence electrons. The van der Waals surface area contributed by atoms with Crippen LogP contribution in [0.15, 0.2) is 29.2 Å². The van der Waals surface area contributed by atoms with Gasteiger partial charge in [0.1, 0.15) is 5.75 Å². The van der Waals surface area contributed by atoms with Gasteiger partial charge in [-0.05, 0) is 56.3 Å². The highest BCUT2D eigenvalue weighted by Gasteiger charge is 2.35. The molecule has 0 spiro atoms. The molecule has 0 heterocycles. The van der Waals surface area contributed by atoms with Crippen molar-refractivity contribution in [1.82, 2.24) is 5.32 Å². The van der Waals surface area contributed by atoms with Gasteiger partial charge < -0.3 is 10.1 Å². The Balaban J connectivity index is 2.20. The molecule has 0 saturated heterocycles. The summed E-state index contributed by atoms with van der Waals surface area (Å²) in [5.41, 5.74) is 0. The van der Waals surface area contributed by atoms with Crippen LogP contribution < -0.4 is 10.1 Å². The lowest BCUT2D eigenvalue weighted by atomic mass is 9.79. The van der Waals surface area contributed by atoms with Gasteiger partial charge in [-0.1, -0.05) is 19.9 Å². The molecule has 1 aromatic rings. The molecular formula is C17H27NO2S. The first kappa shape index (κ1) is 16.5. The zero-order valence-corrected chi connectivity index (χ0v) is 14.3. The number of methoxy groups -OCH3 is 1. The van der Waals surface area contributed by atoms with E-state index >= 15 is 0 Å². The maximum Gasteiger partial charge on any atom is 0.120 e. The molecule has 1 fully saturated rings. The van der Waals surface area contributed by atoms with E-state index in [1.807, 2.05) is 31.3 Å². The third kappa shape index (κ3) is 3.86. The SMILES string of the molecule is CNC1CCC(C(C)C)CC1S(=O)c1cccc(OC)c1. The van der Waals surface area contributed by atoms with E-state index in [0.717, 1.165) is 23.5 Å². The zero-order chi connectivity index (χ0) is 15.4. The highest BCUT2D eigenvalue weighted by molar-refractivity contribution is 7.85. The summed E-state index contributed by atoms with van der Waals surface area (Å²) in [5, 5.41) is 3.55. The smallest absolute Gasteiger partial charge is 0.120 e. The lowest BCUT2D eigenvalue weighted by molar-refractivity contribution is 0.249. The van der Waals surface area contributed by atoms with Crippen molar-refractivity contribution in [1.29, 1.82) is 0 Å². The molecule has 0 aliphatic heterocycles. The van der Waals surface area contributed by atoms with Gasteiger partial charge in [0, 0.05) is 10.9 Å². The normalized spacial score (nSPS) is 27.6. The van der Waals surface area contributed by atoms with Gasteiger partial charge in [-0.15, -0.1) is 0 Å². The topological polar surface area (TPSA) is 38.3 Å². The fraction of sp³-hybridized carbons (Fsp3) is 0.647.